The first-order valence-electron chi connectivity index (χ1n) is 17.4. The van der Waals surface area contributed by atoms with Crippen LogP contribution in [-0.4, -0.2) is 15.0 Å². The van der Waals surface area contributed by atoms with E-state index in [9.17, 15) is 0 Å². The number of aromatic nitrogens is 3. The molecule has 0 radical (unpaired) electrons. The Morgan fingerprint density at radius 2 is 1.12 bits per heavy atom. The van der Waals surface area contributed by atoms with Crippen LogP contribution in [0.4, 0.5) is 0 Å². The number of fused-ring (bicyclic) bond motifs is 10. The largest absolute Gasteiger partial charge is 0.456 e. The first kappa shape index (κ1) is 29.1. The topological polar surface area (TPSA) is 51.8 Å². The highest BCUT2D eigenvalue weighted by molar-refractivity contribution is 7.26. The van der Waals surface area contributed by atoms with Gasteiger partial charge in [-0.15, -0.1) is 11.3 Å². The normalized spacial score (nSPS) is 11.8. The zero-order valence-electron chi connectivity index (χ0n) is 27.7. The Morgan fingerprint density at radius 1 is 0.404 bits per heavy atom. The molecule has 0 atom stereocenters. The van der Waals surface area contributed by atoms with Crippen molar-refractivity contribution in [3.8, 4) is 45.2 Å². The van der Waals surface area contributed by atoms with E-state index in [0.717, 1.165) is 77.6 Å². The fourth-order valence-corrected chi connectivity index (χ4v) is 8.84. The van der Waals surface area contributed by atoms with Gasteiger partial charge in [-0.25, -0.2) is 15.0 Å². The molecule has 0 aliphatic rings. The lowest BCUT2D eigenvalue weighted by Crippen LogP contribution is -1.97. The van der Waals surface area contributed by atoms with Gasteiger partial charge in [-0.05, 0) is 36.4 Å². The van der Waals surface area contributed by atoms with Gasteiger partial charge in [0.05, 0.1) is 22.6 Å². The molecular formula is C47H27N3OS. The van der Waals surface area contributed by atoms with Gasteiger partial charge in [-0.2, -0.15) is 0 Å². The Balaban J connectivity index is 1.20. The highest BCUT2D eigenvalue weighted by Crippen LogP contribution is 2.44. The Hall–Kier alpha value is -6.69. The summed E-state index contributed by atoms with van der Waals surface area (Å²) in [7, 11) is 0. The lowest BCUT2D eigenvalue weighted by Gasteiger charge is -2.14. The van der Waals surface area contributed by atoms with Crippen LogP contribution in [0.25, 0.3) is 109 Å². The summed E-state index contributed by atoms with van der Waals surface area (Å²) < 4.78 is 8.83. The zero-order valence-corrected chi connectivity index (χ0v) is 28.6. The van der Waals surface area contributed by atoms with Crippen LogP contribution >= 0.6 is 11.3 Å². The number of nitrogens with zero attached hydrogens (tertiary/aromatic N) is 3. The summed E-state index contributed by atoms with van der Waals surface area (Å²) in [6.45, 7) is 0. The standard InChI is InChI=1S/C47H27N3OS/c1-3-12-28(13-4-1)36-27-38(31-18-11-20-40-43(31)33-16-7-9-19-39(33)51-40)50-47(49-36)30-22-23-32-37(26-30)48-46(29-14-5-2-6-15-29)35-24-25-42-45(44(32)35)34-17-8-10-21-41(34)52-42/h1-27H. The summed E-state index contributed by atoms with van der Waals surface area (Å²) >= 11 is 1.84. The van der Waals surface area contributed by atoms with Crippen molar-refractivity contribution in [2.24, 2.45) is 0 Å². The van der Waals surface area contributed by atoms with Crippen molar-refractivity contribution in [1.29, 1.82) is 0 Å². The molecule has 0 saturated carbocycles. The monoisotopic (exact) mass is 681 g/mol. The van der Waals surface area contributed by atoms with Crippen molar-refractivity contribution >= 4 is 75.1 Å². The summed E-state index contributed by atoms with van der Waals surface area (Å²) in [6, 6.07) is 57.0. The summed E-state index contributed by atoms with van der Waals surface area (Å²) in [5.41, 5.74) is 9.29. The average Bonchev–Trinajstić information content (AvgIpc) is 3.79. The molecule has 4 nitrogen and oxygen atoms in total. The maximum Gasteiger partial charge on any atom is 0.160 e. The number of rotatable bonds is 4. The molecule has 0 aliphatic heterocycles. The van der Waals surface area contributed by atoms with Gasteiger partial charge in [0.2, 0.25) is 0 Å². The molecule has 0 saturated heterocycles. The molecule has 4 aromatic heterocycles. The molecule has 0 aliphatic carbocycles. The third-order valence-corrected chi connectivity index (χ3v) is 11.2. The highest BCUT2D eigenvalue weighted by Gasteiger charge is 2.19. The van der Waals surface area contributed by atoms with Gasteiger partial charge in [0.15, 0.2) is 5.82 Å². The van der Waals surface area contributed by atoms with Crippen LogP contribution in [0.3, 0.4) is 0 Å². The molecule has 0 N–H and O–H groups in total. The van der Waals surface area contributed by atoms with Crippen LogP contribution in [0, 0.1) is 0 Å². The predicted molar refractivity (Wildman–Crippen MR) is 217 cm³/mol. The second kappa shape index (κ2) is 11.4. The summed E-state index contributed by atoms with van der Waals surface area (Å²) in [6.07, 6.45) is 0. The molecule has 11 aromatic rings. The van der Waals surface area contributed by atoms with E-state index >= 15 is 0 Å². The number of pyridine rings is 1. The third kappa shape index (κ3) is 4.50. The zero-order chi connectivity index (χ0) is 34.2. The van der Waals surface area contributed by atoms with Gasteiger partial charge in [0.1, 0.15) is 11.2 Å². The number of furan rings is 1. The molecule has 242 valence electrons. The number of hydrogen-bond donors (Lipinski definition) is 0. The smallest absolute Gasteiger partial charge is 0.160 e. The van der Waals surface area contributed by atoms with Crippen molar-refractivity contribution in [1.82, 2.24) is 15.0 Å². The maximum absolute atomic E-state index is 6.28. The van der Waals surface area contributed by atoms with E-state index in [-0.39, 0.29) is 0 Å². The first-order chi connectivity index (χ1) is 25.8. The van der Waals surface area contributed by atoms with Crippen LogP contribution in [-0.2, 0) is 0 Å². The lowest BCUT2D eigenvalue weighted by molar-refractivity contribution is 0.669. The van der Waals surface area contributed by atoms with E-state index in [1.165, 1.54) is 25.6 Å². The molecule has 5 heteroatoms. The van der Waals surface area contributed by atoms with Crippen molar-refractivity contribution in [3.63, 3.8) is 0 Å². The van der Waals surface area contributed by atoms with Crippen LogP contribution in [0.15, 0.2) is 168 Å². The fourth-order valence-electron chi connectivity index (χ4n) is 7.72. The Labute approximate surface area is 302 Å². The molecule has 11 rings (SSSR count). The van der Waals surface area contributed by atoms with Crippen molar-refractivity contribution in [2.75, 3.05) is 0 Å². The Bertz CT molecular complexity index is 3180. The second-order valence-corrected chi connectivity index (χ2v) is 14.2. The van der Waals surface area contributed by atoms with E-state index in [4.69, 9.17) is 19.4 Å². The minimum Gasteiger partial charge on any atom is -0.456 e. The fraction of sp³-hybridized carbons (Fsp3) is 0. The predicted octanol–water partition coefficient (Wildman–Crippen LogP) is 13.1. The van der Waals surface area contributed by atoms with Gasteiger partial charge >= 0.3 is 0 Å². The van der Waals surface area contributed by atoms with E-state index in [2.05, 4.69) is 121 Å². The summed E-state index contributed by atoms with van der Waals surface area (Å²) in [5.74, 6) is 0.644. The van der Waals surface area contributed by atoms with Gasteiger partial charge in [-0.3, -0.25) is 0 Å². The van der Waals surface area contributed by atoms with Crippen LogP contribution in [0.5, 0.6) is 0 Å². The molecular weight excluding hydrogens is 655 g/mol. The van der Waals surface area contributed by atoms with E-state index in [0.29, 0.717) is 5.82 Å². The maximum atomic E-state index is 6.28. The van der Waals surface area contributed by atoms with Crippen molar-refractivity contribution in [2.45, 2.75) is 0 Å². The summed E-state index contributed by atoms with van der Waals surface area (Å²) in [4.78, 5) is 15.9. The number of hydrogen-bond acceptors (Lipinski definition) is 5. The van der Waals surface area contributed by atoms with Gasteiger partial charge in [0, 0.05) is 69.4 Å². The minimum atomic E-state index is 0.644. The van der Waals surface area contributed by atoms with Crippen molar-refractivity contribution in [3.05, 3.63) is 164 Å². The molecule has 0 amide bonds. The van der Waals surface area contributed by atoms with Gasteiger partial charge in [-0.1, -0.05) is 127 Å². The highest BCUT2D eigenvalue weighted by atomic mass is 32.1. The first-order valence-corrected chi connectivity index (χ1v) is 18.2. The lowest BCUT2D eigenvalue weighted by atomic mass is 9.95. The summed E-state index contributed by atoms with van der Waals surface area (Å²) in [5, 5.41) is 8.15. The molecule has 4 heterocycles. The van der Waals surface area contributed by atoms with Crippen LogP contribution < -0.4 is 0 Å². The molecule has 7 aromatic carbocycles. The third-order valence-electron chi connectivity index (χ3n) is 10.1. The Kier molecular flexibility index (Phi) is 6.39. The SMILES string of the molecule is c1ccc(-c2cc(-c3cccc4oc5ccccc5c34)nc(-c3ccc4c(c3)nc(-c3ccccc3)c3ccc5sc6ccccc6c5c34)n2)cc1. The number of benzene rings is 7. The van der Waals surface area contributed by atoms with Gasteiger partial charge in [0.25, 0.3) is 0 Å². The van der Waals surface area contributed by atoms with Gasteiger partial charge < -0.3 is 4.42 Å². The quantitative estimate of drug-likeness (QED) is 0.174. The Morgan fingerprint density at radius 3 is 1.98 bits per heavy atom. The molecule has 0 spiro atoms. The second-order valence-electron chi connectivity index (χ2n) is 13.1. The van der Waals surface area contributed by atoms with Crippen LogP contribution in [0.2, 0.25) is 0 Å². The van der Waals surface area contributed by atoms with Crippen molar-refractivity contribution < 1.29 is 4.42 Å². The van der Waals surface area contributed by atoms with E-state index in [1.807, 2.05) is 53.8 Å². The van der Waals surface area contributed by atoms with E-state index < -0.39 is 0 Å². The minimum absolute atomic E-state index is 0.644. The molecule has 52 heavy (non-hydrogen) atoms. The molecule has 0 fully saturated rings. The van der Waals surface area contributed by atoms with E-state index in [1.54, 1.807) is 0 Å². The number of para-hydroxylation sites is 1. The van der Waals surface area contributed by atoms with Crippen LogP contribution in [0.1, 0.15) is 0 Å². The number of thiophene rings is 1. The molecule has 0 bridgehead atoms. The average molecular weight is 682 g/mol. The molecule has 0 unspecified atom stereocenters.